The molecule has 0 aliphatic carbocycles. The highest BCUT2D eigenvalue weighted by Gasteiger charge is 2.19. The van der Waals surface area contributed by atoms with E-state index in [9.17, 15) is 4.79 Å². The van der Waals surface area contributed by atoms with E-state index in [2.05, 4.69) is 17.1 Å². The minimum Gasteiger partial charge on any atom is -0.378 e. The SMILES string of the molecule is CCCN(Cc1ccccc1)C(=O)Nc1cc(Cl)ccc1N1CCOCC1. The second-order valence-corrected chi connectivity index (χ2v) is 7.03. The van der Waals surface area contributed by atoms with Crippen LogP contribution in [-0.4, -0.2) is 43.8 Å². The Morgan fingerprint density at radius 2 is 1.93 bits per heavy atom. The van der Waals surface area contributed by atoms with Gasteiger partial charge in [0.2, 0.25) is 0 Å². The summed E-state index contributed by atoms with van der Waals surface area (Å²) < 4.78 is 5.44. The zero-order chi connectivity index (χ0) is 19.1. The molecule has 0 unspecified atom stereocenters. The molecule has 144 valence electrons. The lowest BCUT2D eigenvalue weighted by molar-refractivity contribution is 0.123. The first-order valence-corrected chi connectivity index (χ1v) is 9.77. The van der Waals surface area contributed by atoms with Crippen LogP contribution < -0.4 is 10.2 Å². The predicted octanol–water partition coefficient (Wildman–Crippen LogP) is 4.62. The van der Waals surface area contributed by atoms with E-state index in [0.29, 0.717) is 31.3 Å². The number of rotatable bonds is 6. The molecule has 2 amide bonds. The molecule has 3 rings (SSSR count). The first-order chi connectivity index (χ1) is 13.2. The van der Waals surface area contributed by atoms with Crippen molar-refractivity contribution in [3.8, 4) is 0 Å². The maximum atomic E-state index is 13.0. The molecule has 6 heteroatoms. The van der Waals surface area contributed by atoms with Crippen LogP contribution in [0, 0.1) is 0 Å². The molecule has 0 spiro atoms. The number of urea groups is 1. The van der Waals surface area contributed by atoms with Crippen LogP contribution in [0.1, 0.15) is 18.9 Å². The quantitative estimate of drug-likeness (QED) is 0.786. The molecule has 0 saturated carbocycles. The molecule has 1 aliphatic heterocycles. The van der Waals surface area contributed by atoms with E-state index in [1.165, 1.54) is 0 Å². The molecule has 0 atom stereocenters. The maximum Gasteiger partial charge on any atom is 0.322 e. The van der Waals surface area contributed by atoms with Gasteiger partial charge in [0.25, 0.3) is 0 Å². The first kappa shape index (κ1) is 19.5. The Bertz CT molecular complexity index is 748. The van der Waals surface area contributed by atoms with Crippen molar-refractivity contribution >= 4 is 29.0 Å². The average molecular weight is 388 g/mol. The third kappa shape index (κ3) is 5.37. The van der Waals surface area contributed by atoms with Crippen LogP contribution in [-0.2, 0) is 11.3 Å². The molecule has 1 heterocycles. The monoisotopic (exact) mass is 387 g/mol. The highest BCUT2D eigenvalue weighted by molar-refractivity contribution is 6.31. The molecule has 0 bridgehead atoms. The van der Waals surface area contributed by atoms with Gasteiger partial charge in [-0.1, -0.05) is 48.9 Å². The maximum absolute atomic E-state index is 13.0. The van der Waals surface area contributed by atoms with Crippen LogP contribution in [0.3, 0.4) is 0 Å². The highest BCUT2D eigenvalue weighted by Crippen LogP contribution is 2.30. The van der Waals surface area contributed by atoms with E-state index in [0.717, 1.165) is 36.4 Å². The third-order valence-electron chi connectivity index (χ3n) is 4.55. The van der Waals surface area contributed by atoms with Crippen LogP contribution in [0.25, 0.3) is 0 Å². The standard InChI is InChI=1S/C21H26ClN3O2/c1-2-10-25(16-17-6-4-3-5-7-17)21(26)23-19-15-18(22)8-9-20(19)24-11-13-27-14-12-24/h3-9,15H,2,10-14,16H2,1H3,(H,23,26). The predicted molar refractivity (Wildman–Crippen MR) is 111 cm³/mol. The van der Waals surface area contributed by atoms with Crippen LogP contribution in [0.2, 0.25) is 5.02 Å². The van der Waals surface area contributed by atoms with Gasteiger partial charge in [0.05, 0.1) is 24.6 Å². The number of morpholine rings is 1. The molecule has 1 aliphatic rings. The van der Waals surface area contributed by atoms with Gasteiger partial charge in [-0.05, 0) is 30.2 Å². The van der Waals surface area contributed by atoms with Gasteiger partial charge in [-0.25, -0.2) is 4.79 Å². The normalized spacial score (nSPS) is 14.1. The molecule has 2 aromatic carbocycles. The number of anilines is 2. The summed E-state index contributed by atoms with van der Waals surface area (Å²) in [5, 5.41) is 3.68. The Kier molecular flexibility index (Phi) is 6.96. The van der Waals surface area contributed by atoms with E-state index in [-0.39, 0.29) is 6.03 Å². The van der Waals surface area contributed by atoms with Gasteiger partial charge in [-0.15, -0.1) is 0 Å². The van der Waals surface area contributed by atoms with E-state index in [1.807, 2.05) is 53.4 Å². The molecule has 1 saturated heterocycles. The van der Waals surface area contributed by atoms with Crippen LogP contribution in [0.5, 0.6) is 0 Å². The van der Waals surface area contributed by atoms with Gasteiger partial charge in [0.15, 0.2) is 0 Å². The summed E-state index contributed by atoms with van der Waals surface area (Å²) in [6.45, 7) is 6.31. The van der Waals surface area contributed by atoms with Crippen molar-refractivity contribution in [3.63, 3.8) is 0 Å². The fourth-order valence-electron chi connectivity index (χ4n) is 3.21. The van der Waals surface area contributed by atoms with Gasteiger partial charge >= 0.3 is 6.03 Å². The van der Waals surface area contributed by atoms with Crippen molar-refractivity contribution in [3.05, 3.63) is 59.1 Å². The number of halogens is 1. The summed E-state index contributed by atoms with van der Waals surface area (Å²) in [4.78, 5) is 17.0. The second-order valence-electron chi connectivity index (χ2n) is 6.60. The Hall–Kier alpha value is -2.24. The van der Waals surface area contributed by atoms with Gasteiger partial charge in [-0.3, -0.25) is 0 Å². The van der Waals surface area contributed by atoms with E-state index < -0.39 is 0 Å². The number of carbonyl (C=O) groups is 1. The number of carbonyl (C=O) groups excluding carboxylic acids is 1. The lowest BCUT2D eigenvalue weighted by atomic mass is 10.2. The zero-order valence-electron chi connectivity index (χ0n) is 15.7. The highest BCUT2D eigenvalue weighted by atomic mass is 35.5. The Balaban J connectivity index is 1.77. The summed E-state index contributed by atoms with van der Waals surface area (Å²) in [5.41, 5.74) is 2.83. The number of nitrogens with one attached hydrogen (secondary N) is 1. The zero-order valence-corrected chi connectivity index (χ0v) is 16.4. The Labute approximate surface area is 165 Å². The molecular weight excluding hydrogens is 362 g/mol. The van der Waals surface area contributed by atoms with Crippen molar-refractivity contribution in [2.45, 2.75) is 19.9 Å². The molecule has 27 heavy (non-hydrogen) atoms. The summed E-state index contributed by atoms with van der Waals surface area (Å²) in [6.07, 6.45) is 0.895. The summed E-state index contributed by atoms with van der Waals surface area (Å²) in [7, 11) is 0. The fourth-order valence-corrected chi connectivity index (χ4v) is 3.38. The minimum absolute atomic E-state index is 0.113. The van der Waals surface area contributed by atoms with E-state index in [4.69, 9.17) is 16.3 Å². The lowest BCUT2D eigenvalue weighted by Gasteiger charge is -2.31. The van der Waals surface area contributed by atoms with Gasteiger partial charge in [0.1, 0.15) is 0 Å². The fraction of sp³-hybridized carbons (Fsp3) is 0.381. The second kappa shape index (κ2) is 9.62. The van der Waals surface area contributed by atoms with Crippen molar-refractivity contribution in [2.75, 3.05) is 43.1 Å². The number of ether oxygens (including phenoxy) is 1. The van der Waals surface area contributed by atoms with Crippen molar-refractivity contribution < 1.29 is 9.53 Å². The van der Waals surface area contributed by atoms with Crippen LogP contribution in [0.15, 0.2) is 48.5 Å². The lowest BCUT2D eigenvalue weighted by Crippen LogP contribution is -2.38. The Morgan fingerprint density at radius 3 is 2.63 bits per heavy atom. The van der Waals surface area contributed by atoms with E-state index >= 15 is 0 Å². The van der Waals surface area contributed by atoms with Gasteiger partial charge in [0, 0.05) is 31.2 Å². The Morgan fingerprint density at radius 1 is 1.19 bits per heavy atom. The van der Waals surface area contributed by atoms with Crippen molar-refractivity contribution in [1.82, 2.24) is 4.90 Å². The smallest absolute Gasteiger partial charge is 0.322 e. The molecular formula is C21H26ClN3O2. The number of nitrogens with zero attached hydrogens (tertiary/aromatic N) is 2. The summed E-state index contributed by atoms with van der Waals surface area (Å²) in [5.74, 6) is 0. The number of hydrogen-bond donors (Lipinski definition) is 1. The average Bonchev–Trinajstić information content (AvgIpc) is 2.69. The summed E-state index contributed by atoms with van der Waals surface area (Å²) in [6, 6.07) is 15.6. The molecule has 0 aromatic heterocycles. The first-order valence-electron chi connectivity index (χ1n) is 9.39. The van der Waals surface area contributed by atoms with Crippen LogP contribution >= 0.6 is 11.6 Å². The molecule has 0 radical (unpaired) electrons. The molecule has 2 aromatic rings. The van der Waals surface area contributed by atoms with Crippen molar-refractivity contribution in [2.24, 2.45) is 0 Å². The topological polar surface area (TPSA) is 44.8 Å². The molecule has 1 fully saturated rings. The number of amides is 2. The van der Waals surface area contributed by atoms with Gasteiger partial charge in [-0.2, -0.15) is 0 Å². The third-order valence-corrected chi connectivity index (χ3v) is 4.78. The summed E-state index contributed by atoms with van der Waals surface area (Å²) >= 11 is 6.20. The van der Waals surface area contributed by atoms with Crippen LogP contribution in [0.4, 0.5) is 16.2 Å². The molecule has 5 nitrogen and oxygen atoms in total. The van der Waals surface area contributed by atoms with Gasteiger partial charge < -0.3 is 19.9 Å². The number of benzene rings is 2. The largest absolute Gasteiger partial charge is 0.378 e. The number of hydrogen-bond acceptors (Lipinski definition) is 3. The van der Waals surface area contributed by atoms with Crippen molar-refractivity contribution in [1.29, 1.82) is 0 Å². The molecule has 1 N–H and O–H groups in total. The minimum atomic E-state index is -0.113. The van der Waals surface area contributed by atoms with E-state index in [1.54, 1.807) is 0 Å².